The third-order valence-corrected chi connectivity index (χ3v) is 4.95. The number of halogens is 2. The van der Waals surface area contributed by atoms with Crippen LogP contribution in [0.5, 0.6) is 5.75 Å². The highest BCUT2D eigenvalue weighted by atomic mass is 79.9. The summed E-state index contributed by atoms with van der Waals surface area (Å²) < 4.78 is 25.4. The first-order valence-electron chi connectivity index (χ1n) is 8.84. The van der Waals surface area contributed by atoms with Crippen molar-refractivity contribution in [3.63, 3.8) is 0 Å². The fourth-order valence-corrected chi connectivity index (χ4v) is 3.21. The first kappa shape index (κ1) is 19.1. The van der Waals surface area contributed by atoms with E-state index in [1.54, 1.807) is 48.5 Å². The number of hydrogen-bond donors (Lipinski definition) is 0. The van der Waals surface area contributed by atoms with Gasteiger partial charge in [-0.15, -0.1) is 0 Å². The van der Waals surface area contributed by atoms with Crippen LogP contribution in [0.15, 0.2) is 88.0 Å². The SMILES string of the molecule is O=C1OC(c2ccccc2Br)=N/C1=C\c1ccc(OCc2ccccc2F)cc1. The van der Waals surface area contributed by atoms with Gasteiger partial charge in [-0.05, 0) is 57.9 Å². The van der Waals surface area contributed by atoms with Gasteiger partial charge in [0.1, 0.15) is 18.2 Å². The third-order valence-electron chi connectivity index (χ3n) is 4.26. The summed E-state index contributed by atoms with van der Waals surface area (Å²) >= 11 is 3.43. The van der Waals surface area contributed by atoms with Crippen molar-refractivity contribution in [1.82, 2.24) is 0 Å². The average molecular weight is 452 g/mol. The molecule has 0 fully saturated rings. The number of cyclic esters (lactones) is 1. The zero-order valence-electron chi connectivity index (χ0n) is 15.1. The van der Waals surface area contributed by atoms with Gasteiger partial charge in [-0.3, -0.25) is 0 Å². The molecule has 1 heterocycles. The van der Waals surface area contributed by atoms with Crippen LogP contribution >= 0.6 is 15.9 Å². The summed E-state index contributed by atoms with van der Waals surface area (Å²) in [6, 6.07) is 21.0. The number of hydrogen-bond acceptors (Lipinski definition) is 4. The Hall–Kier alpha value is -3.25. The fraction of sp³-hybridized carbons (Fsp3) is 0.0435. The van der Waals surface area contributed by atoms with Crippen molar-refractivity contribution in [3.05, 3.63) is 105 Å². The molecule has 0 bridgehead atoms. The van der Waals surface area contributed by atoms with E-state index in [9.17, 15) is 9.18 Å². The lowest BCUT2D eigenvalue weighted by Gasteiger charge is -2.07. The summed E-state index contributed by atoms with van der Waals surface area (Å²) in [6.07, 6.45) is 1.65. The number of carbonyl (C=O) groups is 1. The van der Waals surface area contributed by atoms with Gasteiger partial charge >= 0.3 is 5.97 Å². The van der Waals surface area contributed by atoms with Crippen molar-refractivity contribution < 1.29 is 18.7 Å². The van der Waals surface area contributed by atoms with E-state index in [1.165, 1.54) is 6.07 Å². The van der Waals surface area contributed by atoms with E-state index in [2.05, 4.69) is 20.9 Å². The molecule has 6 heteroatoms. The normalized spacial score (nSPS) is 14.6. The summed E-state index contributed by atoms with van der Waals surface area (Å²) in [4.78, 5) is 16.5. The number of nitrogens with zero attached hydrogens (tertiary/aromatic N) is 1. The van der Waals surface area contributed by atoms with Gasteiger partial charge < -0.3 is 9.47 Å². The highest BCUT2D eigenvalue weighted by molar-refractivity contribution is 9.10. The Kier molecular flexibility index (Phi) is 5.53. The summed E-state index contributed by atoms with van der Waals surface area (Å²) in [5, 5.41) is 0. The van der Waals surface area contributed by atoms with Crippen LogP contribution in [0.1, 0.15) is 16.7 Å². The van der Waals surface area contributed by atoms with Crippen LogP contribution in [0.4, 0.5) is 4.39 Å². The van der Waals surface area contributed by atoms with E-state index in [1.807, 2.05) is 24.3 Å². The molecule has 0 atom stereocenters. The molecule has 144 valence electrons. The molecule has 3 aromatic rings. The largest absolute Gasteiger partial charge is 0.489 e. The molecular formula is C23H15BrFNO3. The van der Waals surface area contributed by atoms with Crippen molar-refractivity contribution in [2.45, 2.75) is 6.61 Å². The van der Waals surface area contributed by atoms with Gasteiger partial charge in [-0.2, -0.15) is 0 Å². The fourth-order valence-electron chi connectivity index (χ4n) is 2.75. The van der Waals surface area contributed by atoms with E-state index < -0.39 is 5.97 Å². The van der Waals surface area contributed by atoms with Crippen molar-refractivity contribution in [2.24, 2.45) is 4.99 Å². The molecule has 1 aliphatic heterocycles. The molecule has 0 aromatic heterocycles. The van der Waals surface area contributed by atoms with Crippen LogP contribution in [-0.4, -0.2) is 11.9 Å². The first-order chi connectivity index (χ1) is 14.1. The Labute approximate surface area is 175 Å². The van der Waals surface area contributed by atoms with E-state index in [4.69, 9.17) is 9.47 Å². The third kappa shape index (κ3) is 4.43. The second-order valence-electron chi connectivity index (χ2n) is 6.27. The molecule has 1 aliphatic rings. The molecule has 4 nitrogen and oxygen atoms in total. The van der Waals surface area contributed by atoms with Crippen molar-refractivity contribution >= 4 is 33.9 Å². The smallest absolute Gasteiger partial charge is 0.363 e. The van der Waals surface area contributed by atoms with Gasteiger partial charge in [0.15, 0.2) is 5.70 Å². The molecule has 29 heavy (non-hydrogen) atoms. The van der Waals surface area contributed by atoms with Crippen LogP contribution in [0.25, 0.3) is 6.08 Å². The summed E-state index contributed by atoms with van der Waals surface area (Å²) in [5.41, 5.74) is 2.19. The van der Waals surface area contributed by atoms with Gasteiger partial charge in [0, 0.05) is 10.0 Å². The standard InChI is InChI=1S/C23H15BrFNO3/c24-19-7-3-2-6-18(19)22-26-21(23(27)29-22)13-15-9-11-17(12-10-15)28-14-16-5-1-4-8-20(16)25/h1-13H,14H2/b21-13-. The molecule has 0 N–H and O–H groups in total. The van der Waals surface area contributed by atoms with Gasteiger partial charge in [0.25, 0.3) is 0 Å². The Balaban J connectivity index is 1.48. The average Bonchev–Trinajstić information content (AvgIpc) is 3.09. The predicted molar refractivity (Wildman–Crippen MR) is 112 cm³/mol. The quantitative estimate of drug-likeness (QED) is 0.379. The highest BCUT2D eigenvalue weighted by Gasteiger charge is 2.25. The maximum atomic E-state index is 13.7. The molecule has 3 aromatic carbocycles. The van der Waals surface area contributed by atoms with Gasteiger partial charge in [0.2, 0.25) is 5.90 Å². The molecule has 0 amide bonds. The van der Waals surface area contributed by atoms with Crippen LogP contribution < -0.4 is 4.74 Å². The first-order valence-corrected chi connectivity index (χ1v) is 9.63. The number of rotatable bonds is 5. The van der Waals surface area contributed by atoms with Crippen LogP contribution in [0.2, 0.25) is 0 Å². The Morgan fingerprint density at radius 3 is 2.48 bits per heavy atom. The minimum absolute atomic E-state index is 0.138. The summed E-state index contributed by atoms with van der Waals surface area (Å²) in [5.74, 6) is 0.0586. The second kappa shape index (κ2) is 8.41. The molecule has 0 aliphatic carbocycles. The zero-order chi connectivity index (χ0) is 20.2. The molecule has 4 rings (SSSR count). The molecule has 0 saturated heterocycles. The molecular weight excluding hydrogens is 437 g/mol. The molecule has 0 radical (unpaired) electrons. The van der Waals surface area contributed by atoms with E-state index in [-0.39, 0.29) is 24.0 Å². The number of carbonyl (C=O) groups excluding carboxylic acids is 1. The van der Waals surface area contributed by atoms with Crippen LogP contribution in [0.3, 0.4) is 0 Å². The van der Waals surface area contributed by atoms with Gasteiger partial charge in [-0.25, -0.2) is 14.2 Å². The lowest BCUT2D eigenvalue weighted by atomic mass is 10.2. The molecule has 0 unspecified atom stereocenters. The minimum Gasteiger partial charge on any atom is -0.489 e. The highest BCUT2D eigenvalue weighted by Crippen LogP contribution is 2.24. The van der Waals surface area contributed by atoms with Gasteiger partial charge in [-0.1, -0.05) is 42.5 Å². The number of benzene rings is 3. The number of ether oxygens (including phenoxy) is 2. The topological polar surface area (TPSA) is 47.9 Å². The van der Waals surface area contributed by atoms with Crippen LogP contribution in [0, 0.1) is 5.82 Å². The van der Waals surface area contributed by atoms with Gasteiger partial charge in [0.05, 0.1) is 5.56 Å². The predicted octanol–water partition coefficient (Wildman–Crippen LogP) is 5.51. The van der Waals surface area contributed by atoms with E-state index in [0.717, 1.165) is 10.0 Å². The maximum absolute atomic E-state index is 13.7. The molecule has 0 saturated carbocycles. The lowest BCUT2D eigenvalue weighted by Crippen LogP contribution is -2.05. The van der Waals surface area contributed by atoms with Crippen molar-refractivity contribution in [3.8, 4) is 5.75 Å². The van der Waals surface area contributed by atoms with E-state index >= 15 is 0 Å². The maximum Gasteiger partial charge on any atom is 0.363 e. The monoisotopic (exact) mass is 451 g/mol. The zero-order valence-corrected chi connectivity index (χ0v) is 16.7. The molecule has 0 spiro atoms. The van der Waals surface area contributed by atoms with Crippen LogP contribution in [-0.2, 0) is 16.1 Å². The van der Waals surface area contributed by atoms with Crippen molar-refractivity contribution in [2.75, 3.05) is 0 Å². The summed E-state index contributed by atoms with van der Waals surface area (Å²) in [7, 11) is 0. The number of esters is 1. The Bertz CT molecular complexity index is 1120. The lowest BCUT2D eigenvalue weighted by molar-refractivity contribution is -0.129. The Morgan fingerprint density at radius 2 is 1.72 bits per heavy atom. The number of aliphatic imine (C=N–C) groups is 1. The minimum atomic E-state index is -0.504. The van der Waals surface area contributed by atoms with Crippen molar-refractivity contribution in [1.29, 1.82) is 0 Å². The second-order valence-corrected chi connectivity index (χ2v) is 7.12. The Morgan fingerprint density at radius 1 is 1.00 bits per heavy atom. The summed E-state index contributed by atoms with van der Waals surface area (Å²) in [6.45, 7) is 0.138. The van der Waals surface area contributed by atoms with E-state index in [0.29, 0.717) is 16.9 Å².